The molecule has 0 aliphatic rings. The summed E-state index contributed by atoms with van der Waals surface area (Å²) < 4.78 is 12.4. The molecule has 2 aromatic heterocycles. The predicted octanol–water partition coefficient (Wildman–Crippen LogP) is 6.09. The summed E-state index contributed by atoms with van der Waals surface area (Å²) in [4.78, 5) is 9.35. The molecule has 2 aromatic carbocycles. The fourth-order valence-corrected chi connectivity index (χ4v) is 3.51. The molecule has 4 rings (SSSR count). The smallest absolute Gasteiger partial charge is 0.247 e. The van der Waals surface area contributed by atoms with Crippen LogP contribution in [0.3, 0.4) is 0 Å². The van der Waals surface area contributed by atoms with Gasteiger partial charge in [-0.25, -0.2) is 4.52 Å². The summed E-state index contributed by atoms with van der Waals surface area (Å²) in [7, 11) is 3.22. The van der Waals surface area contributed by atoms with Crippen LogP contribution in [0.25, 0.3) is 22.5 Å². The number of hydrogen-bond acceptors (Lipinski definition) is 6. The lowest BCUT2D eigenvalue weighted by Crippen LogP contribution is -1.96. The standard InChI is InChI=1S/C27H27N5O2/c1-5-6-7-8-11-19(2)23-12-9-10-13-24(23)25-26-30-27(31-32(26)15-14-28-25)29-20-16-21(33-3)18-22(17-20)34-4/h6-18H,2,5H2,1,3-4H3,(H,29,31). The molecule has 4 aromatic rings. The second-order valence-electron chi connectivity index (χ2n) is 7.47. The lowest BCUT2D eigenvalue weighted by molar-refractivity contribution is 0.395. The molecule has 1 N–H and O–H groups in total. The summed E-state index contributed by atoms with van der Waals surface area (Å²) in [6.45, 7) is 6.36. The Morgan fingerprint density at radius 2 is 1.85 bits per heavy atom. The van der Waals surface area contributed by atoms with Crippen molar-refractivity contribution in [2.24, 2.45) is 0 Å². The number of hydrogen-bond donors (Lipinski definition) is 1. The highest BCUT2D eigenvalue weighted by atomic mass is 16.5. The Morgan fingerprint density at radius 1 is 1.09 bits per heavy atom. The minimum Gasteiger partial charge on any atom is -0.497 e. The first-order valence-corrected chi connectivity index (χ1v) is 11.0. The summed E-state index contributed by atoms with van der Waals surface area (Å²) in [5, 5.41) is 7.81. The number of aromatic nitrogens is 4. The van der Waals surface area contributed by atoms with Gasteiger partial charge in [0.1, 0.15) is 17.2 Å². The Morgan fingerprint density at radius 3 is 2.59 bits per heavy atom. The highest BCUT2D eigenvalue weighted by molar-refractivity contribution is 5.87. The maximum atomic E-state index is 5.35. The number of nitrogens with zero attached hydrogens (tertiary/aromatic N) is 4. The molecular weight excluding hydrogens is 426 g/mol. The lowest BCUT2D eigenvalue weighted by Gasteiger charge is -2.09. The summed E-state index contributed by atoms with van der Waals surface area (Å²) in [5.41, 5.74) is 4.92. The third kappa shape index (κ3) is 4.99. The average Bonchev–Trinajstić information content (AvgIpc) is 3.28. The van der Waals surface area contributed by atoms with Gasteiger partial charge in [0.15, 0.2) is 5.65 Å². The van der Waals surface area contributed by atoms with Crippen LogP contribution in [0.4, 0.5) is 11.6 Å². The second kappa shape index (κ2) is 10.5. The highest BCUT2D eigenvalue weighted by Crippen LogP contribution is 2.31. The van der Waals surface area contributed by atoms with E-state index in [2.05, 4.69) is 35.0 Å². The zero-order valence-electron chi connectivity index (χ0n) is 19.5. The minimum atomic E-state index is 0.436. The number of fused-ring (bicyclic) bond motifs is 1. The van der Waals surface area contributed by atoms with Crippen LogP contribution in [-0.4, -0.2) is 33.8 Å². The van der Waals surface area contributed by atoms with Crippen LogP contribution < -0.4 is 14.8 Å². The molecule has 0 bridgehead atoms. The fourth-order valence-electron chi connectivity index (χ4n) is 3.51. The molecule has 0 fully saturated rings. The topological polar surface area (TPSA) is 73.6 Å². The zero-order valence-corrected chi connectivity index (χ0v) is 19.5. The van der Waals surface area contributed by atoms with Crippen LogP contribution in [0.5, 0.6) is 11.5 Å². The largest absolute Gasteiger partial charge is 0.497 e. The Hall–Kier alpha value is -4.39. The quantitative estimate of drug-likeness (QED) is 0.309. The molecule has 0 aliphatic carbocycles. The summed E-state index contributed by atoms with van der Waals surface area (Å²) >= 11 is 0. The lowest BCUT2D eigenvalue weighted by atomic mass is 9.98. The number of ether oxygens (including phenoxy) is 2. The maximum Gasteiger partial charge on any atom is 0.247 e. The van der Waals surface area contributed by atoms with Crippen LogP contribution >= 0.6 is 0 Å². The van der Waals surface area contributed by atoms with Gasteiger partial charge in [0.2, 0.25) is 5.95 Å². The van der Waals surface area contributed by atoms with Crippen molar-refractivity contribution in [3.8, 4) is 22.8 Å². The number of rotatable bonds is 9. The van der Waals surface area contributed by atoms with Crippen molar-refractivity contribution in [2.75, 3.05) is 19.5 Å². The van der Waals surface area contributed by atoms with Gasteiger partial charge < -0.3 is 14.8 Å². The van der Waals surface area contributed by atoms with Crippen LogP contribution in [-0.2, 0) is 0 Å². The van der Waals surface area contributed by atoms with E-state index in [9.17, 15) is 0 Å². The van der Waals surface area contributed by atoms with E-state index in [0.717, 1.165) is 34.5 Å². The van der Waals surface area contributed by atoms with Crippen molar-refractivity contribution in [2.45, 2.75) is 13.3 Å². The Kier molecular flexibility index (Phi) is 7.03. The molecule has 0 atom stereocenters. The molecule has 34 heavy (non-hydrogen) atoms. The van der Waals surface area contributed by atoms with Gasteiger partial charge in [0, 0.05) is 41.8 Å². The zero-order chi connectivity index (χ0) is 23.9. The van der Waals surface area contributed by atoms with Crippen LogP contribution in [0.1, 0.15) is 18.9 Å². The molecule has 0 amide bonds. The summed E-state index contributed by atoms with van der Waals surface area (Å²) in [6, 6.07) is 13.5. The normalized spacial score (nSPS) is 11.4. The molecular formula is C27H27N5O2. The fraction of sp³-hybridized carbons (Fsp3) is 0.148. The van der Waals surface area contributed by atoms with Gasteiger partial charge in [0.25, 0.3) is 0 Å². The van der Waals surface area contributed by atoms with Crippen LogP contribution in [0.2, 0.25) is 0 Å². The van der Waals surface area contributed by atoms with E-state index >= 15 is 0 Å². The van der Waals surface area contributed by atoms with Gasteiger partial charge in [-0.05, 0) is 17.6 Å². The summed E-state index contributed by atoms with van der Waals surface area (Å²) in [5.74, 6) is 1.77. The molecule has 172 valence electrons. The van der Waals surface area contributed by atoms with Crippen LogP contribution in [0.15, 0.2) is 85.7 Å². The first-order valence-electron chi connectivity index (χ1n) is 11.0. The van der Waals surface area contributed by atoms with Gasteiger partial charge in [-0.3, -0.25) is 4.98 Å². The highest BCUT2D eigenvalue weighted by Gasteiger charge is 2.15. The minimum absolute atomic E-state index is 0.436. The van der Waals surface area contributed by atoms with Crippen molar-refractivity contribution >= 4 is 22.9 Å². The van der Waals surface area contributed by atoms with Crippen molar-refractivity contribution < 1.29 is 9.47 Å². The monoisotopic (exact) mass is 453 g/mol. The second-order valence-corrected chi connectivity index (χ2v) is 7.47. The van der Waals surface area contributed by atoms with E-state index in [1.807, 2.05) is 54.6 Å². The average molecular weight is 454 g/mol. The van der Waals surface area contributed by atoms with E-state index in [-0.39, 0.29) is 0 Å². The molecule has 0 aliphatic heterocycles. The van der Waals surface area contributed by atoms with Crippen molar-refractivity contribution in [3.05, 3.63) is 91.3 Å². The van der Waals surface area contributed by atoms with Gasteiger partial charge in [0.05, 0.1) is 14.2 Å². The van der Waals surface area contributed by atoms with E-state index in [4.69, 9.17) is 14.5 Å². The third-order valence-electron chi connectivity index (χ3n) is 5.17. The molecule has 0 saturated carbocycles. The van der Waals surface area contributed by atoms with E-state index in [1.54, 1.807) is 37.2 Å². The van der Waals surface area contributed by atoms with Crippen LogP contribution in [0, 0.1) is 0 Å². The van der Waals surface area contributed by atoms with Gasteiger partial charge >= 0.3 is 0 Å². The molecule has 7 heteroatoms. The summed E-state index contributed by atoms with van der Waals surface area (Å²) in [6.07, 6.45) is 12.6. The number of nitrogens with one attached hydrogen (secondary N) is 1. The number of methoxy groups -OCH3 is 2. The van der Waals surface area contributed by atoms with E-state index in [1.165, 1.54) is 0 Å². The molecule has 7 nitrogen and oxygen atoms in total. The Balaban J connectivity index is 1.71. The SMILES string of the molecule is C=C(C=CC=CCC)c1ccccc1-c1nccn2nc(Nc3cc(OC)cc(OC)c3)nc12. The maximum absolute atomic E-state index is 5.35. The van der Waals surface area contributed by atoms with E-state index < -0.39 is 0 Å². The first-order chi connectivity index (χ1) is 16.6. The molecule has 0 radical (unpaired) electrons. The third-order valence-corrected chi connectivity index (χ3v) is 5.17. The van der Waals surface area contributed by atoms with Crippen molar-refractivity contribution in [1.82, 2.24) is 19.6 Å². The number of allylic oxidation sites excluding steroid dienone is 5. The number of benzene rings is 2. The molecule has 0 spiro atoms. The Labute approximate surface area is 199 Å². The number of anilines is 2. The van der Waals surface area contributed by atoms with Gasteiger partial charge in [-0.15, -0.1) is 5.10 Å². The predicted molar refractivity (Wildman–Crippen MR) is 137 cm³/mol. The van der Waals surface area contributed by atoms with Gasteiger partial charge in [-0.2, -0.15) is 4.98 Å². The first kappa shape index (κ1) is 22.8. The molecule has 0 unspecified atom stereocenters. The molecule has 2 heterocycles. The molecule has 0 saturated heterocycles. The van der Waals surface area contributed by atoms with E-state index in [0.29, 0.717) is 23.1 Å². The van der Waals surface area contributed by atoms with Crippen molar-refractivity contribution in [1.29, 1.82) is 0 Å². The Bertz CT molecular complexity index is 1350. The van der Waals surface area contributed by atoms with Crippen molar-refractivity contribution in [3.63, 3.8) is 0 Å². The van der Waals surface area contributed by atoms with Gasteiger partial charge in [-0.1, -0.05) is 62.1 Å².